The van der Waals surface area contributed by atoms with Crippen molar-refractivity contribution in [2.75, 3.05) is 12.0 Å². The van der Waals surface area contributed by atoms with Gasteiger partial charge in [0.05, 0.1) is 5.56 Å². The minimum Gasteiger partial charge on any atom is -0.325 e. The van der Waals surface area contributed by atoms with Crippen LogP contribution in [0.25, 0.3) is 0 Å². The Morgan fingerprint density at radius 3 is 2.94 bits per heavy atom. The minimum atomic E-state index is 0.627. The number of nitrogens with zero attached hydrogens (tertiary/aromatic N) is 1. The van der Waals surface area contributed by atoms with Crippen molar-refractivity contribution < 1.29 is 4.79 Å². The van der Waals surface area contributed by atoms with Crippen molar-refractivity contribution in [2.45, 2.75) is 45.4 Å². The summed E-state index contributed by atoms with van der Waals surface area (Å²) in [4.78, 5) is 11.3. The third kappa shape index (κ3) is 2.64. The maximum atomic E-state index is 11.3. The summed E-state index contributed by atoms with van der Waals surface area (Å²) in [6.07, 6.45) is 9.67. The molecule has 2 rings (SSSR count). The molecular formula is C14H20N2OS. The second kappa shape index (κ2) is 6.14. The van der Waals surface area contributed by atoms with E-state index in [0.29, 0.717) is 10.2 Å². The first kappa shape index (κ1) is 13.3. The van der Waals surface area contributed by atoms with Crippen LogP contribution in [0.15, 0.2) is 6.20 Å². The van der Waals surface area contributed by atoms with Crippen LogP contribution < -0.4 is 5.43 Å². The lowest BCUT2D eigenvalue weighted by atomic mass is 9.90. The molecule has 1 aromatic heterocycles. The largest absolute Gasteiger partial charge is 0.325 e. The van der Waals surface area contributed by atoms with Crippen molar-refractivity contribution >= 4 is 18.5 Å². The Kier molecular flexibility index (Phi) is 4.53. The molecule has 98 valence electrons. The molecule has 1 aliphatic carbocycles. The molecule has 0 aliphatic heterocycles. The van der Waals surface area contributed by atoms with E-state index < -0.39 is 0 Å². The molecule has 0 atom stereocenters. The quantitative estimate of drug-likeness (QED) is 0.503. The van der Waals surface area contributed by atoms with Gasteiger partial charge in [-0.05, 0) is 43.2 Å². The number of aromatic nitrogens is 1. The van der Waals surface area contributed by atoms with Crippen LogP contribution in [-0.4, -0.2) is 17.5 Å². The lowest BCUT2D eigenvalue weighted by Crippen LogP contribution is -2.21. The van der Waals surface area contributed by atoms with E-state index in [-0.39, 0.29) is 0 Å². The van der Waals surface area contributed by atoms with E-state index in [1.807, 2.05) is 4.68 Å². The van der Waals surface area contributed by atoms with Gasteiger partial charge < -0.3 is 5.43 Å². The van der Waals surface area contributed by atoms with Crippen molar-refractivity contribution in [3.8, 4) is 0 Å². The molecule has 0 saturated carbocycles. The number of carbonyl (C=O) groups is 1. The first-order valence-electron chi connectivity index (χ1n) is 6.74. The van der Waals surface area contributed by atoms with Crippen molar-refractivity contribution in [1.82, 2.24) is 4.68 Å². The number of carbonyl (C=O) groups excluding carboxylic acids is 1. The maximum absolute atomic E-state index is 11.3. The van der Waals surface area contributed by atoms with Gasteiger partial charge >= 0.3 is 0 Å². The molecule has 3 nitrogen and oxygen atoms in total. The zero-order chi connectivity index (χ0) is 13.0. The third-order valence-electron chi connectivity index (χ3n) is 3.50. The molecule has 0 saturated heterocycles. The Balaban J connectivity index is 2.36. The van der Waals surface area contributed by atoms with Gasteiger partial charge in [-0.1, -0.05) is 25.6 Å². The summed E-state index contributed by atoms with van der Waals surface area (Å²) < 4.78 is 2.49. The molecule has 0 amide bonds. The van der Waals surface area contributed by atoms with E-state index >= 15 is 0 Å². The number of fused-ring (bicyclic) bond motifs is 1. The lowest BCUT2D eigenvalue weighted by molar-refractivity contribution is 0.112. The van der Waals surface area contributed by atoms with Gasteiger partial charge in [-0.2, -0.15) is 0 Å². The molecule has 18 heavy (non-hydrogen) atoms. The Hall–Kier alpha value is -1.16. The van der Waals surface area contributed by atoms with Crippen LogP contribution in [-0.2, 0) is 12.8 Å². The van der Waals surface area contributed by atoms with Gasteiger partial charge in [0.15, 0.2) is 6.29 Å². The fourth-order valence-corrected chi connectivity index (χ4v) is 2.76. The van der Waals surface area contributed by atoms with Gasteiger partial charge in [-0.3, -0.25) is 9.47 Å². The predicted molar refractivity (Wildman–Crippen MR) is 76.4 cm³/mol. The summed E-state index contributed by atoms with van der Waals surface area (Å²) >= 11 is 5.40. The Morgan fingerprint density at radius 1 is 1.44 bits per heavy atom. The average molecular weight is 264 g/mol. The number of hydrogen-bond acceptors (Lipinski definition) is 3. The maximum Gasteiger partial charge on any atom is 0.153 e. The zero-order valence-electron chi connectivity index (χ0n) is 10.9. The molecule has 0 unspecified atom stereocenters. The van der Waals surface area contributed by atoms with Gasteiger partial charge in [0.2, 0.25) is 0 Å². The molecule has 0 fully saturated rings. The van der Waals surface area contributed by atoms with Crippen LogP contribution in [0.1, 0.15) is 54.1 Å². The second-order valence-electron chi connectivity index (χ2n) is 4.81. The summed E-state index contributed by atoms with van der Waals surface area (Å²) in [5, 5.41) is 0. The molecule has 1 heterocycles. The van der Waals surface area contributed by atoms with Crippen molar-refractivity contribution in [3.05, 3.63) is 27.5 Å². The summed E-state index contributed by atoms with van der Waals surface area (Å²) in [6, 6.07) is 0. The number of unbranched alkanes of at least 4 members (excludes halogenated alkanes) is 1. The molecule has 1 N–H and O–H groups in total. The SMILES string of the molecule is CCCCNn1cc2c(c(C=O)c1=S)CCCC2. The van der Waals surface area contributed by atoms with Crippen LogP contribution in [0.2, 0.25) is 0 Å². The molecule has 0 radical (unpaired) electrons. The summed E-state index contributed by atoms with van der Waals surface area (Å²) in [5.74, 6) is 0. The highest BCUT2D eigenvalue weighted by Gasteiger charge is 2.16. The third-order valence-corrected chi connectivity index (χ3v) is 3.92. The molecule has 0 aromatic carbocycles. The van der Waals surface area contributed by atoms with Gasteiger partial charge in [0, 0.05) is 12.7 Å². The minimum absolute atomic E-state index is 0.627. The monoisotopic (exact) mass is 264 g/mol. The fraction of sp³-hybridized carbons (Fsp3) is 0.571. The van der Waals surface area contributed by atoms with Gasteiger partial charge in [-0.15, -0.1) is 0 Å². The van der Waals surface area contributed by atoms with Crippen LogP contribution in [0.4, 0.5) is 0 Å². The topological polar surface area (TPSA) is 34.0 Å². The van der Waals surface area contributed by atoms with E-state index in [0.717, 1.165) is 44.9 Å². The van der Waals surface area contributed by atoms with Crippen molar-refractivity contribution in [2.24, 2.45) is 0 Å². The standard InChI is InChI=1S/C14H20N2OS/c1-2-3-8-15-16-9-11-6-4-5-7-12(11)13(10-17)14(16)18/h9-10,15H,2-8H2,1H3. The van der Waals surface area contributed by atoms with E-state index in [9.17, 15) is 4.79 Å². The van der Waals surface area contributed by atoms with Crippen LogP contribution >= 0.6 is 12.2 Å². The van der Waals surface area contributed by atoms with Crippen molar-refractivity contribution in [3.63, 3.8) is 0 Å². The fourth-order valence-electron chi connectivity index (χ4n) is 2.47. The smallest absolute Gasteiger partial charge is 0.153 e. The normalized spacial score (nSPS) is 14.1. The summed E-state index contributed by atoms with van der Waals surface area (Å²) in [5.41, 5.74) is 6.46. The van der Waals surface area contributed by atoms with Gasteiger partial charge in [-0.25, -0.2) is 0 Å². The number of hydrogen-bond donors (Lipinski definition) is 1. The molecule has 0 bridgehead atoms. The van der Waals surface area contributed by atoms with Gasteiger partial charge in [0.1, 0.15) is 4.64 Å². The Bertz CT molecular complexity index is 493. The predicted octanol–water partition coefficient (Wildman–Crippen LogP) is 3.25. The lowest BCUT2D eigenvalue weighted by Gasteiger charge is -2.21. The van der Waals surface area contributed by atoms with Gasteiger partial charge in [0.25, 0.3) is 0 Å². The number of rotatable bonds is 5. The van der Waals surface area contributed by atoms with E-state index in [2.05, 4.69) is 18.5 Å². The molecule has 4 heteroatoms. The van der Waals surface area contributed by atoms with Crippen LogP contribution in [0, 0.1) is 4.64 Å². The number of pyridine rings is 1. The number of aryl methyl sites for hydroxylation is 1. The molecule has 0 spiro atoms. The molecule has 1 aliphatic rings. The average Bonchev–Trinajstić information content (AvgIpc) is 2.40. The summed E-state index contributed by atoms with van der Waals surface area (Å²) in [7, 11) is 0. The van der Waals surface area contributed by atoms with E-state index in [1.54, 1.807) is 0 Å². The number of nitrogens with one attached hydrogen (secondary N) is 1. The van der Waals surface area contributed by atoms with E-state index in [4.69, 9.17) is 12.2 Å². The second-order valence-corrected chi connectivity index (χ2v) is 5.20. The Morgan fingerprint density at radius 2 is 2.22 bits per heavy atom. The highest BCUT2D eigenvalue weighted by Crippen LogP contribution is 2.24. The molecular weight excluding hydrogens is 244 g/mol. The number of aldehydes is 1. The van der Waals surface area contributed by atoms with Crippen LogP contribution in [0.3, 0.4) is 0 Å². The zero-order valence-corrected chi connectivity index (χ0v) is 11.7. The Labute approximate surface area is 113 Å². The molecule has 1 aromatic rings. The van der Waals surface area contributed by atoms with Crippen LogP contribution in [0.5, 0.6) is 0 Å². The van der Waals surface area contributed by atoms with Crippen molar-refractivity contribution in [1.29, 1.82) is 0 Å². The highest BCUT2D eigenvalue weighted by molar-refractivity contribution is 7.71. The summed E-state index contributed by atoms with van der Waals surface area (Å²) in [6.45, 7) is 3.05. The van der Waals surface area contributed by atoms with E-state index in [1.165, 1.54) is 17.5 Å². The first-order chi connectivity index (χ1) is 8.77. The highest BCUT2D eigenvalue weighted by atomic mass is 32.1. The first-order valence-corrected chi connectivity index (χ1v) is 7.15.